The number of carbonyl (C=O) groups excluding carboxylic acids is 1. The second-order valence-corrected chi connectivity index (χ2v) is 4.66. The molecule has 5 nitrogen and oxygen atoms in total. The molecule has 2 rings (SSSR count). The van der Waals surface area contributed by atoms with Gasteiger partial charge in [0.2, 0.25) is 0 Å². The first kappa shape index (κ1) is 12.7. The molecule has 0 unspecified atom stereocenters. The number of ketones is 1. The van der Waals surface area contributed by atoms with E-state index >= 15 is 0 Å². The Hall–Kier alpha value is -1.75. The van der Waals surface area contributed by atoms with Gasteiger partial charge in [0.1, 0.15) is 11.2 Å². The fourth-order valence-corrected chi connectivity index (χ4v) is 2.16. The van der Waals surface area contributed by atoms with E-state index in [0.29, 0.717) is 11.3 Å². The van der Waals surface area contributed by atoms with E-state index in [0.717, 1.165) is 31.9 Å². The number of anilines is 1. The zero-order valence-corrected chi connectivity index (χ0v) is 10.8. The van der Waals surface area contributed by atoms with E-state index in [4.69, 9.17) is 5.53 Å². The number of likely N-dealkylation sites (N-methyl/N-ethyl adjacent to an activating group) is 1. The van der Waals surface area contributed by atoms with E-state index in [9.17, 15) is 4.79 Å². The number of nitrogens with one attached hydrogen (secondary N) is 1. The van der Waals surface area contributed by atoms with Gasteiger partial charge in [-0.05, 0) is 32.2 Å². The van der Waals surface area contributed by atoms with Crippen LogP contribution in [0, 0.1) is 0 Å². The van der Waals surface area contributed by atoms with Crippen LogP contribution in [-0.2, 0) is 0 Å². The molecule has 1 aliphatic rings. The molecule has 1 radical (unpaired) electrons. The molecule has 1 aromatic rings. The summed E-state index contributed by atoms with van der Waals surface area (Å²) >= 11 is 0. The van der Waals surface area contributed by atoms with Crippen molar-refractivity contribution in [3.63, 3.8) is 0 Å². The summed E-state index contributed by atoms with van der Waals surface area (Å²) in [6.45, 7) is 5.49. The lowest BCUT2D eigenvalue weighted by Crippen LogP contribution is -2.44. The molecular formula is C13H18N4O+. The van der Waals surface area contributed by atoms with E-state index in [2.05, 4.69) is 22.0 Å². The summed E-state index contributed by atoms with van der Waals surface area (Å²) in [4.78, 5) is 16.1. The second-order valence-electron chi connectivity index (χ2n) is 4.66. The summed E-state index contributed by atoms with van der Waals surface area (Å²) in [5.74, 6) is -0.0445. The van der Waals surface area contributed by atoms with E-state index in [1.807, 2.05) is 12.1 Å². The first-order valence-corrected chi connectivity index (χ1v) is 6.08. The first-order chi connectivity index (χ1) is 8.61. The normalized spacial score (nSPS) is 16.7. The molecule has 0 bridgehead atoms. The van der Waals surface area contributed by atoms with Gasteiger partial charge in [0.05, 0.1) is 10.7 Å². The molecule has 5 heteroatoms. The Morgan fingerprint density at radius 3 is 2.50 bits per heavy atom. The fourth-order valence-electron chi connectivity index (χ4n) is 2.16. The number of benzene rings is 1. The minimum absolute atomic E-state index is 0.0445. The lowest BCUT2D eigenvalue weighted by Gasteiger charge is -2.34. The van der Waals surface area contributed by atoms with Crippen LogP contribution < -0.4 is 10.4 Å². The average molecular weight is 246 g/mol. The number of hydrogen-bond acceptors (Lipinski definition) is 5. The van der Waals surface area contributed by atoms with Crippen LogP contribution in [0.1, 0.15) is 17.3 Å². The van der Waals surface area contributed by atoms with Gasteiger partial charge in [-0.2, -0.15) is 0 Å². The van der Waals surface area contributed by atoms with Crippen molar-refractivity contribution >= 4 is 17.2 Å². The van der Waals surface area contributed by atoms with Gasteiger partial charge in [-0.1, -0.05) is 0 Å². The topological polar surface area (TPSA) is 59.7 Å². The molecule has 95 valence electrons. The van der Waals surface area contributed by atoms with Crippen LogP contribution in [0.25, 0.3) is 0 Å². The van der Waals surface area contributed by atoms with Crippen molar-refractivity contribution in [3.05, 3.63) is 23.8 Å². The largest absolute Gasteiger partial charge is 0.369 e. The summed E-state index contributed by atoms with van der Waals surface area (Å²) in [6, 6.07) is 5.53. The van der Waals surface area contributed by atoms with Gasteiger partial charge < -0.3 is 9.80 Å². The zero-order valence-electron chi connectivity index (χ0n) is 10.8. The smallest absolute Gasteiger partial charge is 0.162 e. The third-order valence-corrected chi connectivity index (χ3v) is 3.35. The van der Waals surface area contributed by atoms with E-state index in [-0.39, 0.29) is 5.78 Å². The molecule has 0 aromatic heterocycles. The van der Waals surface area contributed by atoms with Crippen LogP contribution in [-0.4, -0.2) is 43.9 Å². The maximum atomic E-state index is 11.5. The molecule has 1 aromatic carbocycles. The van der Waals surface area contributed by atoms with Crippen LogP contribution in [0.2, 0.25) is 0 Å². The van der Waals surface area contributed by atoms with E-state index in [1.165, 1.54) is 6.92 Å². The van der Waals surface area contributed by atoms with Crippen LogP contribution in [0.3, 0.4) is 0 Å². The lowest BCUT2D eigenvalue weighted by molar-refractivity contribution is -0.210. The van der Waals surface area contributed by atoms with Gasteiger partial charge in [0.25, 0.3) is 0 Å². The zero-order chi connectivity index (χ0) is 13.1. The summed E-state index contributed by atoms with van der Waals surface area (Å²) in [6.07, 6.45) is 0. The van der Waals surface area contributed by atoms with Crippen molar-refractivity contribution in [2.75, 3.05) is 38.1 Å². The standard InChI is InChI=1S/C13H18N4O/c1-10(18)12-9-11(3-4-13(12)15-14)17-7-5-16(2)6-8-17/h3-4,9,14H,5-8H2,1-2H3/q+1. The highest BCUT2D eigenvalue weighted by atomic mass is 16.1. The van der Waals surface area contributed by atoms with Crippen molar-refractivity contribution in [1.29, 1.82) is 0 Å². The number of rotatable bonds is 3. The van der Waals surface area contributed by atoms with Crippen molar-refractivity contribution in [3.8, 4) is 0 Å². The number of piperazine rings is 1. The predicted molar refractivity (Wildman–Crippen MR) is 69.2 cm³/mol. The monoisotopic (exact) mass is 246 g/mol. The molecular weight excluding hydrogens is 228 g/mol. The average Bonchev–Trinajstić information content (AvgIpc) is 2.39. The molecule has 0 aliphatic carbocycles. The van der Waals surface area contributed by atoms with Crippen molar-refractivity contribution in [2.24, 2.45) is 5.11 Å². The maximum Gasteiger partial charge on any atom is 0.162 e. The van der Waals surface area contributed by atoms with Crippen LogP contribution in [0.4, 0.5) is 11.4 Å². The van der Waals surface area contributed by atoms with Gasteiger partial charge in [-0.25, -0.2) is 0 Å². The van der Waals surface area contributed by atoms with Gasteiger partial charge >= 0.3 is 0 Å². The Kier molecular flexibility index (Phi) is 3.72. The molecule has 1 saturated heterocycles. The van der Waals surface area contributed by atoms with Gasteiger partial charge in [-0.3, -0.25) is 4.79 Å². The Morgan fingerprint density at radius 2 is 1.94 bits per heavy atom. The summed E-state index contributed by atoms with van der Waals surface area (Å²) in [5.41, 5.74) is 9.09. The lowest BCUT2D eigenvalue weighted by atomic mass is 10.1. The number of carbonyl (C=O) groups is 1. The molecule has 18 heavy (non-hydrogen) atoms. The Balaban J connectivity index is 2.26. The molecule has 0 spiro atoms. The van der Waals surface area contributed by atoms with Gasteiger partial charge in [0.15, 0.2) is 5.78 Å². The van der Waals surface area contributed by atoms with E-state index in [1.54, 1.807) is 6.07 Å². The van der Waals surface area contributed by atoms with Gasteiger partial charge in [0, 0.05) is 31.9 Å². The highest BCUT2D eigenvalue weighted by molar-refractivity contribution is 5.99. The Bertz CT molecular complexity index is 464. The molecule has 0 saturated carbocycles. The molecule has 1 heterocycles. The van der Waals surface area contributed by atoms with Crippen molar-refractivity contribution in [1.82, 2.24) is 4.90 Å². The quantitative estimate of drug-likeness (QED) is 0.615. The number of Topliss-reactive ketones (excluding diaryl/α,β-unsaturated/α-hetero) is 1. The predicted octanol–water partition coefficient (Wildman–Crippen LogP) is 0.270. The van der Waals surface area contributed by atoms with Crippen LogP contribution in [0.5, 0.6) is 0 Å². The molecule has 1 N–H and O–H groups in total. The highest BCUT2D eigenvalue weighted by Gasteiger charge is 2.17. The summed E-state index contributed by atoms with van der Waals surface area (Å²) < 4.78 is 0. The third kappa shape index (κ3) is 2.56. The molecule has 1 fully saturated rings. The maximum absolute atomic E-state index is 11.5. The van der Waals surface area contributed by atoms with Crippen molar-refractivity contribution in [2.45, 2.75) is 6.92 Å². The van der Waals surface area contributed by atoms with E-state index < -0.39 is 0 Å². The molecule has 0 amide bonds. The number of nitrogens with zero attached hydrogens (tertiary/aromatic N) is 3. The third-order valence-electron chi connectivity index (χ3n) is 3.35. The minimum Gasteiger partial charge on any atom is -0.369 e. The summed E-state index contributed by atoms with van der Waals surface area (Å²) in [7, 11) is 2.11. The highest BCUT2D eigenvalue weighted by Crippen LogP contribution is 2.25. The van der Waals surface area contributed by atoms with Crippen LogP contribution >= 0.6 is 0 Å². The molecule has 1 aliphatic heterocycles. The fraction of sp³-hybridized carbons (Fsp3) is 0.462. The van der Waals surface area contributed by atoms with Crippen LogP contribution in [0.15, 0.2) is 23.3 Å². The minimum atomic E-state index is -0.0445. The Morgan fingerprint density at radius 1 is 1.28 bits per heavy atom. The Labute approximate surface area is 107 Å². The number of hydrogen-bond donors (Lipinski definition) is 1. The molecule has 0 atom stereocenters. The first-order valence-electron chi connectivity index (χ1n) is 6.08. The van der Waals surface area contributed by atoms with Gasteiger partial charge in [-0.15, -0.1) is 0 Å². The SMILES string of the molecule is CC(=O)c1cc(N2CCN(C)CC2)ccc1N=[NH+]. The van der Waals surface area contributed by atoms with Crippen molar-refractivity contribution < 1.29 is 10.3 Å². The second kappa shape index (κ2) is 5.27. The summed E-state index contributed by atoms with van der Waals surface area (Å²) in [5, 5.41) is 3.39.